The number of carbonyl (C=O) groups is 2. The smallest absolute Gasteiger partial charge is 0.295 e. The van der Waals surface area contributed by atoms with Crippen molar-refractivity contribution < 1.29 is 23.8 Å². The predicted octanol–water partition coefficient (Wildman–Crippen LogP) is 3.28. The summed E-state index contributed by atoms with van der Waals surface area (Å²) < 4.78 is 18.8. The Morgan fingerprint density at radius 3 is 2.56 bits per heavy atom. The Hall–Kier alpha value is -2.99. The molecule has 3 rings (SSSR count). The molecule has 1 amide bonds. The fourth-order valence-corrected chi connectivity index (χ4v) is 3.26. The van der Waals surface area contributed by atoms with E-state index in [9.17, 15) is 19.1 Å². The summed E-state index contributed by atoms with van der Waals surface area (Å²) in [6.45, 7) is 0.669. The van der Waals surface area contributed by atoms with Gasteiger partial charge in [0.05, 0.1) is 11.6 Å². The van der Waals surface area contributed by atoms with Crippen molar-refractivity contribution in [2.75, 3.05) is 20.3 Å². The average Bonchev–Trinajstić information content (AvgIpc) is 2.93. The summed E-state index contributed by atoms with van der Waals surface area (Å²) in [4.78, 5) is 26.7. The zero-order valence-electron chi connectivity index (χ0n) is 14.9. The van der Waals surface area contributed by atoms with E-state index < -0.39 is 23.5 Å². The van der Waals surface area contributed by atoms with Gasteiger partial charge >= 0.3 is 0 Å². The number of Topliss-reactive ketones (excluding diaryl/α,β-unsaturated/α-hetero) is 1. The first-order valence-corrected chi connectivity index (χ1v) is 8.63. The van der Waals surface area contributed by atoms with Crippen LogP contribution >= 0.6 is 0 Å². The molecule has 2 aromatic carbocycles. The van der Waals surface area contributed by atoms with Crippen molar-refractivity contribution in [1.82, 2.24) is 4.90 Å². The minimum Gasteiger partial charge on any atom is -0.507 e. The third-order valence-corrected chi connectivity index (χ3v) is 4.50. The van der Waals surface area contributed by atoms with E-state index in [0.29, 0.717) is 24.2 Å². The van der Waals surface area contributed by atoms with Crippen LogP contribution in [0.3, 0.4) is 0 Å². The van der Waals surface area contributed by atoms with Gasteiger partial charge in [0.1, 0.15) is 11.6 Å². The molecule has 6 heteroatoms. The molecule has 0 aromatic heterocycles. The highest BCUT2D eigenvalue weighted by atomic mass is 19.1. The van der Waals surface area contributed by atoms with Crippen LogP contribution in [-0.2, 0) is 14.3 Å². The second-order valence-electron chi connectivity index (χ2n) is 6.26. The molecule has 0 unspecified atom stereocenters. The minimum atomic E-state index is -0.849. The molecule has 0 spiro atoms. The van der Waals surface area contributed by atoms with E-state index in [1.54, 1.807) is 43.5 Å². The maximum Gasteiger partial charge on any atom is 0.295 e. The molecule has 2 aromatic rings. The van der Waals surface area contributed by atoms with Crippen molar-refractivity contribution in [3.63, 3.8) is 0 Å². The SMILES string of the molecule is COCCCN1C(=O)C(=O)C(=C(O)c2ccccc2)[C@@H]1c1cccc(F)c1. The van der Waals surface area contributed by atoms with Crippen molar-refractivity contribution in [1.29, 1.82) is 0 Å². The van der Waals surface area contributed by atoms with Crippen molar-refractivity contribution in [2.24, 2.45) is 0 Å². The molecule has 0 bridgehead atoms. The zero-order valence-corrected chi connectivity index (χ0v) is 14.9. The fourth-order valence-electron chi connectivity index (χ4n) is 3.26. The van der Waals surface area contributed by atoms with Gasteiger partial charge in [-0.1, -0.05) is 42.5 Å². The Labute approximate surface area is 156 Å². The standard InChI is InChI=1S/C21H20FNO4/c1-27-12-6-11-23-18(15-9-5-10-16(22)13-15)17(20(25)21(23)26)19(24)14-7-3-2-4-8-14/h2-5,7-10,13,18,24H,6,11-12H2,1H3/t18-/m0/s1. The summed E-state index contributed by atoms with van der Waals surface area (Å²) >= 11 is 0. The van der Waals surface area contributed by atoms with Gasteiger partial charge in [-0.3, -0.25) is 9.59 Å². The van der Waals surface area contributed by atoms with Gasteiger partial charge in [0.2, 0.25) is 0 Å². The topological polar surface area (TPSA) is 66.8 Å². The summed E-state index contributed by atoms with van der Waals surface area (Å²) in [5.74, 6) is -2.23. The molecule has 0 saturated carbocycles. The molecule has 5 nitrogen and oxygen atoms in total. The van der Waals surface area contributed by atoms with Gasteiger partial charge in [0.25, 0.3) is 11.7 Å². The number of ketones is 1. The quantitative estimate of drug-likeness (QED) is 0.367. The van der Waals surface area contributed by atoms with Crippen molar-refractivity contribution in [3.05, 3.63) is 77.1 Å². The summed E-state index contributed by atoms with van der Waals surface area (Å²) in [5, 5.41) is 10.8. The van der Waals surface area contributed by atoms with Crippen LogP contribution in [0, 0.1) is 5.82 Å². The van der Waals surface area contributed by atoms with Gasteiger partial charge < -0.3 is 14.7 Å². The van der Waals surface area contributed by atoms with Gasteiger partial charge in [0.15, 0.2) is 0 Å². The second-order valence-corrected chi connectivity index (χ2v) is 6.26. The fraction of sp³-hybridized carbons (Fsp3) is 0.238. The molecule has 1 atom stereocenters. The summed E-state index contributed by atoms with van der Waals surface area (Å²) in [6.07, 6.45) is 0.515. The van der Waals surface area contributed by atoms with Crippen LogP contribution in [0.2, 0.25) is 0 Å². The Bertz CT molecular complexity index is 879. The molecule has 1 aliphatic rings. The molecule has 140 valence electrons. The first-order chi connectivity index (χ1) is 13.0. The van der Waals surface area contributed by atoms with Crippen LogP contribution in [-0.4, -0.2) is 42.0 Å². The highest BCUT2D eigenvalue weighted by Gasteiger charge is 2.45. The number of methoxy groups -OCH3 is 1. The Balaban J connectivity index is 2.12. The first kappa shape index (κ1) is 18.8. The Morgan fingerprint density at radius 1 is 1.15 bits per heavy atom. The van der Waals surface area contributed by atoms with Gasteiger partial charge in [0, 0.05) is 25.8 Å². The van der Waals surface area contributed by atoms with E-state index in [0.717, 1.165) is 0 Å². The summed E-state index contributed by atoms with van der Waals surface area (Å²) in [6, 6.07) is 13.4. The number of aliphatic hydroxyl groups excluding tert-OH is 1. The highest BCUT2D eigenvalue weighted by molar-refractivity contribution is 6.46. The largest absolute Gasteiger partial charge is 0.507 e. The maximum atomic E-state index is 13.8. The van der Waals surface area contributed by atoms with Crippen molar-refractivity contribution >= 4 is 17.4 Å². The lowest BCUT2D eigenvalue weighted by molar-refractivity contribution is -0.140. The van der Waals surface area contributed by atoms with Crippen molar-refractivity contribution in [2.45, 2.75) is 12.5 Å². The number of amides is 1. The third kappa shape index (κ3) is 3.75. The van der Waals surface area contributed by atoms with Crippen LogP contribution in [0.15, 0.2) is 60.2 Å². The third-order valence-electron chi connectivity index (χ3n) is 4.50. The zero-order chi connectivity index (χ0) is 19.4. The molecule has 1 N–H and O–H groups in total. The van der Waals surface area contributed by atoms with E-state index >= 15 is 0 Å². The Kier molecular flexibility index (Phi) is 5.66. The Morgan fingerprint density at radius 2 is 1.89 bits per heavy atom. The first-order valence-electron chi connectivity index (χ1n) is 8.63. The molecular weight excluding hydrogens is 349 g/mol. The van der Waals surface area contributed by atoms with E-state index in [2.05, 4.69) is 0 Å². The molecule has 0 radical (unpaired) electrons. The van der Waals surface area contributed by atoms with Crippen LogP contribution in [0.1, 0.15) is 23.6 Å². The number of rotatable bonds is 6. The monoisotopic (exact) mass is 369 g/mol. The summed E-state index contributed by atoms with van der Waals surface area (Å²) in [7, 11) is 1.55. The molecular formula is C21H20FNO4. The second kappa shape index (κ2) is 8.14. The number of halogens is 1. The van der Waals surface area contributed by atoms with Gasteiger partial charge in [-0.25, -0.2) is 4.39 Å². The molecule has 1 heterocycles. The normalized spacial score (nSPS) is 18.9. The molecule has 1 aliphatic heterocycles. The number of aliphatic hydroxyl groups is 1. The number of benzene rings is 2. The molecule has 27 heavy (non-hydrogen) atoms. The van der Waals surface area contributed by atoms with E-state index in [1.807, 2.05) is 0 Å². The van der Waals surface area contributed by atoms with E-state index in [-0.39, 0.29) is 17.9 Å². The van der Waals surface area contributed by atoms with Gasteiger partial charge in [-0.2, -0.15) is 0 Å². The number of carbonyl (C=O) groups excluding carboxylic acids is 2. The van der Waals surface area contributed by atoms with Gasteiger partial charge in [-0.15, -0.1) is 0 Å². The maximum absolute atomic E-state index is 13.8. The van der Waals surface area contributed by atoms with Crippen molar-refractivity contribution in [3.8, 4) is 0 Å². The van der Waals surface area contributed by atoms with Gasteiger partial charge in [-0.05, 0) is 24.1 Å². The number of nitrogens with zero attached hydrogens (tertiary/aromatic N) is 1. The predicted molar refractivity (Wildman–Crippen MR) is 98.3 cm³/mol. The number of ether oxygens (including phenoxy) is 1. The number of hydrogen-bond donors (Lipinski definition) is 1. The molecule has 1 saturated heterocycles. The summed E-state index contributed by atoms with van der Waals surface area (Å²) in [5.41, 5.74) is 0.826. The van der Waals surface area contributed by atoms with Crippen LogP contribution < -0.4 is 0 Å². The lowest BCUT2D eigenvalue weighted by atomic mass is 9.95. The number of likely N-dealkylation sites (tertiary alicyclic amines) is 1. The van der Waals surface area contributed by atoms with Crippen LogP contribution in [0.4, 0.5) is 4.39 Å². The van der Waals surface area contributed by atoms with Crippen LogP contribution in [0.25, 0.3) is 5.76 Å². The lowest BCUT2D eigenvalue weighted by Crippen LogP contribution is -2.31. The average molecular weight is 369 g/mol. The van der Waals surface area contributed by atoms with E-state index in [4.69, 9.17) is 4.74 Å². The van der Waals surface area contributed by atoms with Crippen LogP contribution in [0.5, 0.6) is 0 Å². The molecule has 0 aliphatic carbocycles. The molecule has 1 fully saturated rings. The minimum absolute atomic E-state index is 0.0331. The highest BCUT2D eigenvalue weighted by Crippen LogP contribution is 2.39. The van der Waals surface area contributed by atoms with E-state index in [1.165, 1.54) is 23.1 Å². The number of hydrogen-bond acceptors (Lipinski definition) is 4. The lowest BCUT2D eigenvalue weighted by Gasteiger charge is -2.25.